The SMILES string of the molecule is Cc1cn(C)c([C@H]2CCCN(Cc3cccs3)C2)n1. The van der Waals surface area contributed by atoms with Crippen molar-refractivity contribution in [1.82, 2.24) is 14.5 Å². The van der Waals surface area contributed by atoms with Crippen LogP contribution in [0.5, 0.6) is 0 Å². The minimum Gasteiger partial charge on any atom is -0.337 e. The van der Waals surface area contributed by atoms with Gasteiger partial charge in [-0.2, -0.15) is 0 Å². The minimum absolute atomic E-state index is 0.590. The summed E-state index contributed by atoms with van der Waals surface area (Å²) in [4.78, 5) is 8.75. The van der Waals surface area contributed by atoms with E-state index in [1.807, 2.05) is 11.3 Å². The fourth-order valence-corrected chi connectivity index (χ4v) is 3.79. The van der Waals surface area contributed by atoms with Gasteiger partial charge in [0.1, 0.15) is 5.82 Å². The first-order valence-corrected chi connectivity index (χ1v) is 7.85. The van der Waals surface area contributed by atoms with E-state index >= 15 is 0 Å². The van der Waals surface area contributed by atoms with E-state index in [1.165, 1.54) is 30.1 Å². The molecule has 1 fully saturated rings. The van der Waals surface area contributed by atoms with Crippen molar-refractivity contribution in [3.63, 3.8) is 0 Å². The van der Waals surface area contributed by atoms with Crippen molar-refractivity contribution in [3.05, 3.63) is 40.1 Å². The molecule has 1 saturated heterocycles. The predicted molar refractivity (Wildman–Crippen MR) is 79.5 cm³/mol. The molecule has 0 aliphatic carbocycles. The number of aryl methyl sites for hydroxylation is 2. The second-order valence-corrected chi connectivity index (χ2v) is 6.54. The number of thiophene rings is 1. The Kier molecular flexibility index (Phi) is 3.71. The molecule has 102 valence electrons. The van der Waals surface area contributed by atoms with Crippen LogP contribution in [0.3, 0.4) is 0 Å². The second-order valence-electron chi connectivity index (χ2n) is 5.51. The van der Waals surface area contributed by atoms with Crippen molar-refractivity contribution in [1.29, 1.82) is 0 Å². The van der Waals surface area contributed by atoms with Crippen LogP contribution in [0.4, 0.5) is 0 Å². The summed E-state index contributed by atoms with van der Waals surface area (Å²) in [6, 6.07) is 4.38. The molecule has 3 heterocycles. The minimum atomic E-state index is 0.590. The molecule has 0 radical (unpaired) electrons. The third-order valence-electron chi connectivity index (χ3n) is 3.86. The monoisotopic (exact) mass is 275 g/mol. The summed E-state index contributed by atoms with van der Waals surface area (Å²) in [5, 5.41) is 2.17. The van der Waals surface area contributed by atoms with Crippen LogP contribution >= 0.6 is 11.3 Å². The van der Waals surface area contributed by atoms with Gasteiger partial charge in [0.05, 0.1) is 5.69 Å². The molecule has 1 aliphatic heterocycles. The molecule has 0 bridgehead atoms. The highest BCUT2D eigenvalue weighted by Crippen LogP contribution is 2.27. The highest BCUT2D eigenvalue weighted by molar-refractivity contribution is 7.09. The van der Waals surface area contributed by atoms with Crippen LogP contribution in [-0.2, 0) is 13.6 Å². The number of aromatic nitrogens is 2. The van der Waals surface area contributed by atoms with Gasteiger partial charge >= 0.3 is 0 Å². The van der Waals surface area contributed by atoms with E-state index in [2.05, 4.69) is 47.1 Å². The number of piperidine rings is 1. The van der Waals surface area contributed by atoms with E-state index in [9.17, 15) is 0 Å². The van der Waals surface area contributed by atoms with Crippen molar-refractivity contribution >= 4 is 11.3 Å². The molecule has 2 aromatic rings. The van der Waals surface area contributed by atoms with Crippen molar-refractivity contribution in [2.45, 2.75) is 32.2 Å². The molecular weight excluding hydrogens is 254 g/mol. The number of nitrogens with zero attached hydrogens (tertiary/aromatic N) is 3. The van der Waals surface area contributed by atoms with E-state index in [-0.39, 0.29) is 0 Å². The van der Waals surface area contributed by atoms with Gasteiger partial charge in [-0.1, -0.05) is 6.07 Å². The summed E-state index contributed by atoms with van der Waals surface area (Å²) in [6.07, 6.45) is 4.68. The summed E-state index contributed by atoms with van der Waals surface area (Å²) in [7, 11) is 2.12. The molecule has 4 heteroatoms. The Morgan fingerprint density at radius 1 is 1.47 bits per heavy atom. The fraction of sp³-hybridized carbons (Fsp3) is 0.533. The van der Waals surface area contributed by atoms with Crippen LogP contribution in [0, 0.1) is 6.92 Å². The Balaban J connectivity index is 1.69. The standard InChI is InChI=1S/C15H21N3S/c1-12-9-17(2)15(16-12)13-5-3-7-18(10-13)11-14-6-4-8-19-14/h4,6,8-9,13H,3,5,7,10-11H2,1-2H3/t13-/m0/s1. The predicted octanol–water partition coefficient (Wildman–Crippen LogP) is 3.17. The lowest BCUT2D eigenvalue weighted by Gasteiger charge is -2.32. The van der Waals surface area contributed by atoms with Gasteiger partial charge in [-0.15, -0.1) is 11.3 Å². The molecule has 0 spiro atoms. The molecular formula is C15H21N3S. The molecule has 1 atom stereocenters. The van der Waals surface area contributed by atoms with Crippen LogP contribution in [0.25, 0.3) is 0 Å². The Bertz CT molecular complexity index is 530. The lowest BCUT2D eigenvalue weighted by molar-refractivity contribution is 0.197. The molecule has 0 aromatic carbocycles. The van der Waals surface area contributed by atoms with Crippen molar-refractivity contribution in [3.8, 4) is 0 Å². The van der Waals surface area contributed by atoms with Crippen molar-refractivity contribution in [2.24, 2.45) is 7.05 Å². The van der Waals surface area contributed by atoms with Gasteiger partial charge in [-0.25, -0.2) is 4.98 Å². The van der Waals surface area contributed by atoms with Crippen LogP contribution in [0.15, 0.2) is 23.7 Å². The summed E-state index contributed by atoms with van der Waals surface area (Å²) in [5.41, 5.74) is 1.13. The van der Waals surface area contributed by atoms with Gasteiger partial charge in [0.2, 0.25) is 0 Å². The first-order valence-electron chi connectivity index (χ1n) is 6.97. The quantitative estimate of drug-likeness (QED) is 0.858. The van der Waals surface area contributed by atoms with Gasteiger partial charge in [0.15, 0.2) is 0 Å². The van der Waals surface area contributed by atoms with E-state index in [0.29, 0.717) is 5.92 Å². The third kappa shape index (κ3) is 2.90. The maximum Gasteiger partial charge on any atom is 0.113 e. The molecule has 0 saturated carbocycles. The molecule has 3 rings (SSSR count). The lowest BCUT2D eigenvalue weighted by Crippen LogP contribution is -2.34. The number of hydrogen-bond donors (Lipinski definition) is 0. The number of imidazole rings is 1. The number of likely N-dealkylation sites (tertiary alicyclic amines) is 1. The van der Waals surface area contributed by atoms with Gasteiger partial charge in [-0.3, -0.25) is 4.90 Å². The average Bonchev–Trinajstić information content (AvgIpc) is 2.99. The maximum atomic E-state index is 4.70. The van der Waals surface area contributed by atoms with Crippen molar-refractivity contribution < 1.29 is 0 Å². The number of rotatable bonds is 3. The van der Waals surface area contributed by atoms with E-state index < -0.39 is 0 Å². The van der Waals surface area contributed by atoms with Crippen LogP contribution < -0.4 is 0 Å². The zero-order chi connectivity index (χ0) is 13.2. The summed E-state index contributed by atoms with van der Waals surface area (Å²) < 4.78 is 2.20. The van der Waals surface area contributed by atoms with Crippen LogP contribution in [-0.4, -0.2) is 27.5 Å². The van der Waals surface area contributed by atoms with Gasteiger partial charge < -0.3 is 4.57 Å². The molecule has 0 amide bonds. The van der Waals surface area contributed by atoms with Crippen LogP contribution in [0.1, 0.15) is 35.2 Å². The Morgan fingerprint density at radius 2 is 2.37 bits per heavy atom. The molecule has 2 aromatic heterocycles. The molecule has 1 aliphatic rings. The lowest BCUT2D eigenvalue weighted by atomic mass is 9.97. The van der Waals surface area contributed by atoms with Gasteiger partial charge in [0.25, 0.3) is 0 Å². The highest BCUT2D eigenvalue weighted by Gasteiger charge is 2.24. The first-order chi connectivity index (χ1) is 9.22. The van der Waals surface area contributed by atoms with Gasteiger partial charge in [0, 0.05) is 37.1 Å². The number of hydrogen-bond acceptors (Lipinski definition) is 3. The van der Waals surface area contributed by atoms with Gasteiger partial charge in [-0.05, 0) is 37.8 Å². The van der Waals surface area contributed by atoms with Crippen molar-refractivity contribution in [2.75, 3.05) is 13.1 Å². The third-order valence-corrected chi connectivity index (χ3v) is 4.72. The second kappa shape index (κ2) is 5.47. The molecule has 3 nitrogen and oxygen atoms in total. The van der Waals surface area contributed by atoms with E-state index in [1.54, 1.807) is 0 Å². The van der Waals surface area contributed by atoms with E-state index in [0.717, 1.165) is 18.8 Å². The normalized spacial score (nSPS) is 20.8. The topological polar surface area (TPSA) is 21.1 Å². The highest BCUT2D eigenvalue weighted by atomic mass is 32.1. The first kappa shape index (κ1) is 12.9. The fourth-order valence-electron chi connectivity index (χ4n) is 3.05. The van der Waals surface area contributed by atoms with E-state index in [4.69, 9.17) is 4.98 Å². The zero-order valence-corrected chi connectivity index (χ0v) is 12.5. The molecule has 19 heavy (non-hydrogen) atoms. The smallest absolute Gasteiger partial charge is 0.113 e. The van der Waals surface area contributed by atoms with Crippen LogP contribution in [0.2, 0.25) is 0 Å². The average molecular weight is 275 g/mol. The Hall–Kier alpha value is -1.13. The summed E-state index contributed by atoms with van der Waals surface area (Å²) in [5.74, 6) is 1.85. The molecule has 0 N–H and O–H groups in total. The Morgan fingerprint density at radius 3 is 3.05 bits per heavy atom. The zero-order valence-electron chi connectivity index (χ0n) is 11.7. The molecule has 0 unspecified atom stereocenters. The summed E-state index contributed by atoms with van der Waals surface area (Å²) in [6.45, 7) is 5.54. The Labute approximate surface area is 118 Å². The summed E-state index contributed by atoms with van der Waals surface area (Å²) >= 11 is 1.86. The largest absolute Gasteiger partial charge is 0.337 e. The maximum absolute atomic E-state index is 4.70.